The topological polar surface area (TPSA) is 41.5 Å². The summed E-state index contributed by atoms with van der Waals surface area (Å²) in [7, 11) is 3.38. The van der Waals surface area contributed by atoms with E-state index in [-0.39, 0.29) is 5.75 Å². The minimum absolute atomic E-state index is 0.148. The van der Waals surface area contributed by atoms with Crippen LogP contribution in [0.3, 0.4) is 0 Å². The third-order valence-corrected chi connectivity index (χ3v) is 2.63. The van der Waals surface area contributed by atoms with Crippen molar-refractivity contribution in [3.63, 3.8) is 0 Å². The Labute approximate surface area is 85.9 Å². The number of aromatic hydroxyl groups is 1. The Kier molecular flexibility index (Phi) is 3.57. The molecule has 4 heteroatoms. The molecule has 0 amide bonds. The van der Waals surface area contributed by atoms with Gasteiger partial charge in [-0.15, -0.1) is 0 Å². The molecule has 1 aromatic carbocycles. The Morgan fingerprint density at radius 1 is 1.54 bits per heavy atom. The molecule has 13 heavy (non-hydrogen) atoms. The highest BCUT2D eigenvalue weighted by atomic mass is 79.9. The highest BCUT2D eigenvalue weighted by molar-refractivity contribution is 9.10. The molecule has 3 nitrogen and oxygen atoms in total. The fourth-order valence-electron chi connectivity index (χ4n) is 1.08. The third-order valence-electron chi connectivity index (χ3n) is 1.75. The van der Waals surface area contributed by atoms with Gasteiger partial charge in [0.2, 0.25) is 0 Å². The number of hydrogen-bond donors (Lipinski definition) is 2. The summed E-state index contributed by atoms with van der Waals surface area (Å²) in [6.07, 6.45) is 0. The van der Waals surface area contributed by atoms with E-state index >= 15 is 0 Å². The Hall–Kier alpha value is -0.740. The van der Waals surface area contributed by atoms with Crippen molar-refractivity contribution in [3.8, 4) is 11.5 Å². The fourth-order valence-corrected chi connectivity index (χ4v) is 1.55. The molecule has 0 unspecified atom stereocenters. The molecule has 0 aliphatic carbocycles. The lowest BCUT2D eigenvalue weighted by atomic mass is 10.2. The van der Waals surface area contributed by atoms with Gasteiger partial charge in [0.1, 0.15) is 0 Å². The zero-order valence-corrected chi connectivity index (χ0v) is 9.18. The van der Waals surface area contributed by atoms with Crippen molar-refractivity contribution in [2.45, 2.75) is 6.54 Å². The van der Waals surface area contributed by atoms with Crippen molar-refractivity contribution in [3.05, 3.63) is 22.2 Å². The maximum atomic E-state index is 9.61. The molecule has 0 radical (unpaired) electrons. The SMILES string of the molecule is CNCc1ccc(OC)c(O)c1Br. The monoisotopic (exact) mass is 245 g/mol. The average Bonchev–Trinajstić information content (AvgIpc) is 2.14. The minimum Gasteiger partial charge on any atom is -0.503 e. The molecule has 72 valence electrons. The lowest BCUT2D eigenvalue weighted by Gasteiger charge is -2.09. The van der Waals surface area contributed by atoms with Crippen LogP contribution in [-0.2, 0) is 6.54 Å². The molecule has 1 rings (SSSR count). The Morgan fingerprint density at radius 3 is 2.77 bits per heavy atom. The molecule has 0 heterocycles. The van der Waals surface area contributed by atoms with Crippen molar-refractivity contribution >= 4 is 15.9 Å². The van der Waals surface area contributed by atoms with Gasteiger partial charge in [0.15, 0.2) is 11.5 Å². The Bertz CT molecular complexity index is 302. The van der Waals surface area contributed by atoms with Crippen LogP contribution >= 0.6 is 15.9 Å². The van der Waals surface area contributed by atoms with Gasteiger partial charge in [0, 0.05) is 6.54 Å². The highest BCUT2D eigenvalue weighted by Gasteiger charge is 2.09. The Balaban J connectivity index is 3.07. The number of benzene rings is 1. The van der Waals surface area contributed by atoms with Crippen LogP contribution in [0.4, 0.5) is 0 Å². The molecule has 0 atom stereocenters. The molecule has 0 bridgehead atoms. The van der Waals surface area contributed by atoms with Gasteiger partial charge in [0.05, 0.1) is 11.6 Å². The highest BCUT2D eigenvalue weighted by Crippen LogP contribution is 2.36. The van der Waals surface area contributed by atoms with Crippen LogP contribution in [0.1, 0.15) is 5.56 Å². The number of hydrogen-bond acceptors (Lipinski definition) is 3. The van der Waals surface area contributed by atoms with E-state index in [0.29, 0.717) is 16.8 Å². The van der Waals surface area contributed by atoms with Gasteiger partial charge in [0.25, 0.3) is 0 Å². The van der Waals surface area contributed by atoms with Crippen LogP contribution in [0, 0.1) is 0 Å². The van der Waals surface area contributed by atoms with E-state index in [1.165, 1.54) is 7.11 Å². The second kappa shape index (κ2) is 4.48. The number of nitrogens with one attached hydrogen (secondary N) is 1. The minimum atomic E-state index is 0.148. The first kappa shape index (κ1) is 10.3. The summed E-state index contributed by atoms with van der Waals surface area (Å²) < 4.78 is 5.64. The van der Waals surface area contributed by atoms with Crippen LogP contribution in [0.5, 0.6) is 11.5 Å². The van der Waals surface area contributed by atoms with Gasteiger partial charge in [-0.05, 0) is 34.6 Å². The second-order valence-electron chi connectivity index (χ2n) is 2.62. The van der Waals surface area contributed by atoms with E-state index in [2.05, 4.69) is 21.2 Å². The molecule has 0 aliphatic rings. The van der Waals surface area contributed by atoms with Crippen molar-refractivity contribution in [2.24, 2.45) is 0 Å². The summed E-state index contributed by atoms with van der Waals surface area (Å²) >= 11 is 3.30. The van der Waals surface area contributed by atoms with Crippen LogP contribution in [0.25, 0.3) is 0 Å². The molecule has 0 aliphatic heterocycles. The summed E-state index contributed by atoms with van der Waals surface area (Å²) in [4.78, 5) is 0. The summed E-state index contributed by atoms with van der Waals surface area (Å²) in [5.74, 6) is 0.627. The summed E-state index contributed by atoms with van der Waals surface area (Å²) in [6.45, 7) is 0.706. The molecule has 2 N–H and O–H groups in total. The Morgan fingerprint density at radius 2 is 2.23 bits per heavy atom. The van der Waals surface area contributed by atoms with E-state index in [1.807, 2.05) is 13.1 Å². The predicted octanol–water partition coefficient (Wildman–Crippen LogP) is 1.88. The normalized spacial score (nSPS) is 10.1. The van der Waals surface area contributed by atoms with Crippen molar-refractivity contribution in [1.82, 2.24) is 5.32 Å². The maximum Gasteiger partial charge on any atom is 0.172 e. The summed E-state index contributed by atoms with van der Waals surface area (Å²) in [5.41, 5.74) is 1.00. The zero-order chi connectivity index (χ0) is 9.84. The number of methoxy groups -OCH3 is 1. The van der Waals surface area contributed by atoms with E-state index in [1.54, 1.807) is 6.07 Å². The number of phenols is 1. The number of halogens is 1. The molecular formula is C9H12BrNO2. The molecule has 0 spiro atoms. The van der Waals surface area contributed by atoms with Gasteiger partial charge in [-0.25, -0.2) is 0 Å². The van der Waals surface area contributed by atoms with Crippen LogP contribution in [0.15, 0.2) is 16.6 Å². The van der Waals surface area contributed by atoms with Crippen molar-refractivity contribution in [2.75, 3.05) is 14.2 Å². The number of rotatable bonds is 3. The van der Waals surface area contributed by atoms with Gasteiger partial charge in [-0.3, -0.25) is 0 Å². The zero-order valence-electron chi connectivity index (χ0n) is 7.60. The molecule has 0 saturated heterocycles. The lowest BCUT2D eigenvalue weighted by molar-refractivity contribution is 0.371. The van der Waals surface area contributed by atoms with Crippen LogP contribution in [-0.4, -0.2) is 19.3 Å². The number of phenolic OH excluding ortho intramolecular Hbond substituents is 1. The van der Waals surface area contributed by atoms with Crippen LogP contribution < -0.4 is 10.1 Å². The molecule has 0 fully saturated rings. The van der Waals surface area contributed by atoms with Crippen LogP contribution in [0.2, 0.25) is 0 Å². The largest absolute Gasteiger partial charge is 0.503 e. The lowest BCUT2D eigenvalue weighted by Crippen LogP contribution is -2.05. The predicted molar refractivity (Wildman–Crippen MR) is 55.1 cm³/mol. The third kappa shape index (κ3) is 2.14. The van der Waals surface area contributed by atoms with E-state index < -0.39 is 0 Å². The van der Waals surface area contributed by atoms with E-state index in [0.717, 1.165) is 5.56 Å². The number of ether oxygens (including phenoxy) is 1. The molecule has 1 aromatic rings. The van der Waals surface area contributed by atoms with Gasteiger partial charge >= 0.3 is 0 Å². The summed E-state index contributed by atoms with van der Waals surface area (Å²) in [6, 6.07) is 3.64. The first-order valence-electron chi connectivity index (χ1n) is 3.89. The molecular weight excluding hydrogens is 234 g/mol. The maximum absolute atomic E-state index is 9.61. The average molecular weight is 246 g/mol. The van der Waals surface area contributed by atoms with Gasteiger partial charge in [-0.2, -0.15) is 0 Å². The fraction of sp³-hybridized carbons (Fsp3) is 0.333. The van der Waals surface area contributed by atoms with Gasteiger partial charge < -0.3 is 15.2 Å². The first-order valence-corrected chi connectivity index (χ1v) is 4.69. The van der Waals surface area contributed by atoms with E-state index in [9.17, 15) is 5.11 Å². The second-order valence-corrected chi connectivity index (χ2v) is 3.41. The molecule has 0 aromatic heterocycles. The smallest absolute Gasteiger partial charge is 0.172 e. The summed E-state index contributed by atoms with van der Waals surface area (Å²) in [5, 5.41) is 12.6. The van der Waals surface area contributed by atoms with Crippen molar-refractivity contribution < 1.29 is 9.84 Å². The van der Waals surface area contributed by atoms with Gasteiger partial charge in [-0.1, -0.05) is 6.07 Å². The quantitative estimate of drug-likeness (QED) is 0.855. The standard InChI is InChI=1S/C9H12BrNO2/c1-11-5-6-3-4-7(13-2)9(12)8(6)10/h3-4,11-12H,5H2,1-2H3. The van der Waals surface area contributed by atoms with Crippen molar-refractivity contribution in [1.29, 1.82) is 0 Å². The van der Waals surface area contributed by atoms with E-state index in [4.69, 9.17) is 4.74 Å². The first-order chi connectivity index (χ1) is 6.20. The molecule has 0 saturated carbocycles.